The number of nitrogens with two attached hydrogens (primary N) is 1. The van der Waals surface area contributed by atoms with Crippen LogP contribution in [0.25, 0.3) is 0 Å². The third kappa shape index (κ3) is 3.70. The first kappa shape index (κ1) is 17.8. The number of sulfonamides is 1. The smallest absolute Gasteiger partial charge is 0.269 e. The minimum absolute atomic E-state index is 0. The molecule has 1 unspecified atom stereocenters. The summed E-state index contributed by atoms with van der Waals surface area (Å²) < 4.78 is 26.2. The van der Waals surface area contributed by atoms with Crippen molar-refractivity contribution in [1.82, 2.24) is 4.31 Å². The summed E-state index contributed by atoms with van der Waals surface area (Å²) in [5, 5.41) is 10.6. The Kier molecular flexibility index (Phi) is 5.68. The lowest BCUT2D eigenvalue weighted by atomic mass is 10.2. The molecule has 9 heteroatoms. The maximum Gasteiger partial charge on any atom is 0.269 e. The van der Waals surface area contributed by atoms with Crippen molar-refractivity contribution in [2.24, 2.45) is 11.7 Å². The lowest BCUT2D eigenvalue weighted by Gasteiger charge is -2.26. The van der Waals surface area contributed by atoms with E-state index in [-0.39, 0.29) is 35.6 Å². The van der Waals surface area contributed by atoms with Crippen LogP contribution in [-0.2, 0) is 10.0 Å². The SMILES string of the molecule is CN(C(CN)C1CC1)S(=O)(=O)c1ccc([N+](=O)[O-])cc1.Cl. The van der Waals surface area contributed by atoms with Crippen molar-refractivity contribution in [3.8, 4) is 0 Å². The number of nitrogens with zero attached hydrogens (tertiary/aromatic N) is 2. The van der Waals surface area contributed by atoms with Crippen molar-refractivity contribution in [3.63, 3.8) is 0 Å². The minimum Gasteiger partial charge on any atom is -0.329 e. The van der Waals surface area contributed by atoms with Crippen LogP contribution in [0, 0.1) is 16.0 Å². The lowest BCUT2D eigenvalue weighted by Crippen LogP contribution is -2.43. The van der Waals surface area contributed by atoms with Gasteiger partial charge in [0.1, 0.15) is 0 Å². The summed E-state index contributed by atoms with van der Waals surface area (Å²) in [6.45, 7) is 0.271. The van der Waals surface area contributed by atoms with E-state index < -0.39 is 14.9 Å². The normalized spacial score (nSPS) is 16.3. The fourth-order valence-electron chi connectivity index (χ4n) is 2.20. The molecule has 0 saturated heterocycles. The van der Waals surface area contributed by atoms with Crippen LogP contribution >= 0.6 is 12.4 Å². The molecule has 1 saturated carbocycles. The zero-order valence-electron chi connectivity index (χ0n) is 11.5. The van der Waals surface area contributed by atoms with Gasteiger partial charge in [-0.15, -0.1) is 12.4 Å². The molecular formula is C12H18ClN3O4S. The maximum atomic E-state index is 12.4. The quantitative estimate of drug-likeness (QED) is 0.624. The van der Waals surface area contributed by atoms with Crippen molar-refractivity contribution < 1.29 is 13.3 Å². The predicted octanol–water partition coefficient (Wildman–Crippen LogP) is 1.37. The van der Waals surface area contributed by atoms with E-state index in [0.717, 1.165) is 12.8 Å². The van der Waals surface area contributed by atoms with Crippen molar-refractivity contribution in [2.75, 3.05) is 13.6 Å². The van der Waals surface area contributed by atoms with Crippen molar-refractivity contribution >= 4 is 28.1 Å². The Hall–Kier alpha value is -1.22. The monoisotopic (exact) mass is 335 g/mol. The van der Waals surface area contributed by atoms with E-state index in [9.17, 15) is 18.5 Å². The fourth-order valence-corrected chi connectivity index (χ4v) is 3.63. The van der Waals surface area contributed by atoms with E-state index in [0.29, 0.717) is 5.92 Å². The van der Waals surface area contributed by atoms with Gasteiger partial charge in [0.15, 0.2) is 0 Å². The molecule has 7 nitrogen and oxygen atoms in total. The van der Waals surface area contributed by atoms with Crippen molar-refractivity contribution in [3.05, 3.63) is 34.4 Å². The van der Waals surface area contributed by atoms with Crippen LogP contribution < -0.4 is 5.73 Å². The topological polar surface area (TPSA) is 107 Å². The number of nitro benzene ring substituents is 1. The Morgan fingerprint density at radius 3 is 2.29 bits per heavy atom. The molecule has 0 amide bonds. The van der Waals surface area contributed by atoms with E-state index in [2.05, 4.69) is 0 Å². The Morgan fingerprint density at radius 2 is 1.90 bits per heavy atom. The summed E-state index contributed by atoms with van der Waals surface area (Å²) in [5.41, 5.74) is 5.52. The average molecular weight is 336 g/mol. The van der Waals surface area contributed by atoms with Crippen LogP contribution in [0.1, 0.15) is 12.8 Å². The molecule has 0 spiro atoms. The summed E-state index contributed by atoms with van der Waals surface area (Å²) in [5.74, 6) is 0.317. The standard InChI is InChI=1S/C12H17N3O4S.ClH/c1-14(12(8-13)9-2-3-9)20(18,19)11-6-4-10(5-7-11)15(16)17;/h4-7,9,12H,2-3,8,13H2,1H3;1H. The number of hydrogen-bond donors (Lipinski definition) is 1. The second-order valence-electron chi connectivity index (χ2n) is 4.91. The first-order valence-corrected chi connectivity index (χ1v) is 7.74. The first-order chi connectivity index (χ1) is 9.37. The third-order valence-electron chi connectivity index (χ3n) is 3.60. The number of benzene rings is 1. The van der Waals surface area contributed by atoms with E-state index in [1.54, 1.807) is 0 Å². The lowest BCUT2D eigenvalue weighted by molar-refractivity contribution is -0.384. The van der Waals surface area contributed by atoms with Gasteiger partial charge >= 0.3 is 0 Å². The summed E-state index contributed by atoms with van der Waals surface area (Å²) in [4.78, 5) is 10.1. The van der Waals surface area contributed by atoms with Gasteiger partial charge in [-0.2, -0.15) is 4.31 Å². The van der Waals surface area contributed by atoms with Crippen LogP contribution in [0.4, 0.5) is 5.69 Å². The highest BCUT2D eigenvalue weighted by Crippen LogP contribution is 2.36. The highest BCUT2D eigenvalue weighted by atomic mass is 35.5. The number of rotatable bonds is 6. The predicted molar refractivity (Wildman–Crippen MR) is 80.9 cm³/mol. The summed E-state index contributed by atoms with van der Waals surface area (Å²) in [7, 11) is -2.16. The largest absolute Gasteiger partial charge is 0.329 e. The van der Waals surface area contributed by atoms with Crippen molar-refractivity contribution in [1.29, 1.82) is 0 Å². The van der Waals surface area contributed by atoms with Gasteiger partial charge < -0.3 is 5.73 Å². The van der Waals surface area contributed by atoms with Crippen LogP contribution in [-0.4, -0.2) is 37.3 Å². The number of non-ortho nitro benzene ring substituents is 1. The summed E-state index contributed by atoms with van der Waals surface area (Å²) >= 11 is 0. The highest BCUT2D eigenvalue weighted by Gasteiger charge is 2.38. The zero-order valence-corrected chi connectivity index (χ0v) is 13.1. The molecule has 1 aromatic rings. The number of halogens is 1. The Balaban J connectivity index is 0.00000220. The van der Waals surface area contributed by atoms with Gasteiger partial charge in [0, 0.05) is 31.8 Å². The number of likely N-dealkylation sites (N-methyl/N-ethyl adjacent to an activating group) is 1. The molecule has 1 aliphatic rings. The fraction of sp³-hybridized carbons (Fsp3) is 0.500. The molecule has 21 heavy (non-hydrogen) atoms. The molecule has 0 aromatic heterocycles. The highest BCUT2D eigenvalue weighted by molar-refractivity contribution is 7.89. The maximum absolute atomic E-state index is 12.4. The van der Waals surface area contributed by atoms with Gasteiger partial charge in [0.25, 0.3) is 5.69 Å². The summed E-state index contributed by atoms with van der Waals surface area (Å²) in [6.07, 6.45) is 1.98. The number of hydrogen-bond acceptors (Lipinski definition) is 5. The second-order valence-corrected chi connectivity index (χ2v) is 6.91. The third-order valence-corrected chi connectivity index (χ3v) is 5.50. The Morgan fingerprint density at radius 1 is 1.38 bits per heavy atom. The van der Waals surface area contributed by atoms with E-state index >= 15 is 0 Å². The van der Waals surface area contributed by atoms with Gasteiger partial charge in [-0.1, -0.05) is 0 Å². The molecule has 118 valence electrons. The number of nitro groups is 1. The molecule has 1 aromatic carbocycles. The average Bonchev–Trinajstić information content (AvgIpc) is 3.24. The molecule has 0 heterocycles. The Labute approximate surface area is 129 Å². The molecule has 2 rings (SSSR count). The molecule has 0 radical (unpaired) electrons. The van der Waals surface area contributed by atoms with Gasteiger partial charge in [0.2, 0.25) is 10.0 Å². The summed E-state index contributed by atoms with van der Waals surface area (Å²) in [6, 6.07) is 4.68. The van der Waals surface area contributed by atoms with Crippen LogP contribution in [0.2, 0.25) is 0 Å². The molecule has 2 N–H and O–H groups in total. The van der Waals surface area contributed by atoms with Gasteiger partial charge in [-0.25, -0.2) is 8.42 Å². The molecular weight excluding hydrogens is 318 g/mol. The zero-order chi connectivity index (χ0) is 14.9. The van der Waals surface area contributed by atoms with Crippen LogP contribution in [0.3, 0.4) is 0 Å². The minimum atomic E-state index is -3.67. The Bertz CT molecular complexity index is 601. The van der Waals surface area contributed by atoms with Gasteiger partial charge in [0.05, 0.1) is 9.82 Å². The second kappa shape index (κ2) is 6.69. The van der Waals surface area contributed by atoms with Gasteiger partial charge in [-0.3, -0.25) is 10.1 Å². The molecule has 1 fully saturated rings. The van der Waals surface area contributed by atoms with Crippen LogP contribution in [0.5, 0.6) is 0 Å². The van der Waals surface area contributed by atoms with E-state index in [1.165, 1.54) is 35.6 Å². The first-order valence-electron chi connectivity index (χ1n) is 6.30. The molecule has 0 bridgehead atoms. The molecule has 0 aliphatic heterocycles. The van der Waals surface area contributed by atoms with Crippen molar-refractivity contribution in [2.45, 2.75) is 23.8 Å². The van der Waals surface area contributed by atoms with E-state index in [1.807, 2.05) is 0 Å². The van der Waals surface area contributed by atoms with E-state index in [4.69, 9.17) is 5.73 Å². The van der Waals surface area contributed by atoms with Gasteiger partial charge in [-0.05, 0) is 30.9 Å². The molecule has 1 aliphatic carbocycles. The van der Waals surface area contributed by atoms with Crippen LogP contribution in [0.15, 0.2) is 29.2 Å². The molecule has 1 atom stereocenters.